The number of urea groups is 1. The highest BCUT2D eigenvalue weighted by Crippen LogP contribution is 2.26. The molecule has 7 nitrogen and oxygen atoms in total. The second-order valence-corrected chi connectivity index (χ2v) is 8.05. The van der Waals surface area contributed by atoms with Gasteiger partial charge < -0.3 is 15.1 Å². The summed E-state index contributed by atoms with van der Waals surface area (Å²) in [6, 6.07) is 17.1. The Bertz CT molecular complexity index is 1270. The van der Waals surface area contributed by atoms with Crippen molar-refractivity contribution in [3.63, 3.8) is 0 Å². The third-order valence-corrected chi connectivity index (χ3v) is 5.86. The molecular formula is C25H24N6O. The third kappa shape index (κ3) is 4.33. The Hall–Kier alpha value is -4.10. The van der Waals surface area contributed by atoms with E-state index in [1.54, 1.807) is 29.2 Å². The maximum atomic E-state index is 12.8. The summed E-state index contributed by atoms with van der Waals surface area (Å²) in [4.78, 5) is 21.5. The minimum atomic E-state index is -0.194. The quantitative estimate of drug-likeness (QED) is 0.660. The van der Waals surface area contributed by atoms with E-state index in [2.05, 4.69) is 48.3 Å². The maximum Gasteiger partial charge on any atom is 0.321 e. The molecule has 0 spiro atoms. The number of hydrogen-bond donors (Lipinski definition) is 1. The lowest BCUT2D eigenvalue weighted by molar-refractivity contribution is 0.215. The van der Waals surface area contributed by atoms with Crippen LogP contribution in [0, 0.1) is 36.5 Å². The Morgan fingerprint density at radius 3 is 2.59 bits per heavy atom. The molecule has 1 aromatic heterocycles. The Morgan fingerprint density at radius 1 is 1.00 bits per heavy atom. The average Bonchev–Trinajstić information content (AvgIpc) is 3.05. The van der Waals surface area contributed by atoms with Crippen molar-refractivity contribution >= 4 is 28.4 Å². The summed E-state index contributed by atoms with van der Waals surface area (Å²) < 4.78 is 0. The van der Waals surface area contributed by atoms with Gasteiger partial charge in [0, 0.05) is 37.3 Å². The lowest BCUT2D eigenvalue weighted by Gasteiger charge is -2.24. The molecule has 160 valence electrons. The molecule has 1 saturated heterocycles. The number of hydrogen-bond acceptors (Lipinski definition) is 5. The lowest BCUT2D eigenvalue weighted by atomic mass is 10.0. The molecular weight excluding hydrogens is 400 g/mol. The third-order valence-electron chi connectivity index (χ3n) is 5.86. The number of aromatic nitrogens is 1. The first-order valence-electron chi connectivity index (χ1n) is 10.6. The van der Waals surface area contributed by atoms with Gasteiger partial charge in [-0.3, -0.25) is 0 Å². The summed E-state index contributed by atoms with van der Waals surface area (Å²) in [5.41, 5.74) is 4.86. The fraction of sp³-hybridized carbons (Fsp3) is 0.280. The molecule has 0 radical (unpaired) electrons. The van der Waals surface area contributed by atoms with Gasteiger partial charge in [-0.15, -0.1) is 0 Å². The van der Waals surface area contributed by atoms with E-state index >= 15 is 0 Å². The van der Waals surface area contributed by atoms with Gasteiger partial charge >= 0.3 is 6.03 Å². The van der Waals surface area contributed by atoms with E-state index in [4.69, 9.17) is 10.2 Å². The Kier molecular flexibility index (Phi) is 5.91. The number of aryl methyl sites for hydroxylation is 2. The van der Waals surface area contributed by atoms with Crippen molar-refractivity contribution in [2.24, 2.45) is 0 Å². The molecule has 0 atom stereocenters. The van der Waals surface area contributed by atoms with Gasteiger partial charge in [0.2, 0.25) is 0 Å². The number of fused-ring (bicyclic) bond motifs is 1. The molecule has 1 aliphatic heterocycles. The molecule has 4 rings (SSSR count). The molecule has 1 fully saturated rings. The highest BCUT2D eigenvalue weighted by atomic mass is 16.2. The molecule has 0 saturated carbocycles. The monoisotopic (exact) mass is 424 g/mol. The number of nitriles is 2. The molecule has 0 bridgehead atoms. The number of benzene rings is 2. The van der Waals surface area contributed by atoms with Gasteiger partial charge in [-0.1, -0.05) is 6.07 Å². The van der Waals surface area contributed by atoms with Crippen LogP contribution in [0.1, 0.15) is 28.7 Å². The van der Waals surface area contributed by atoms with E-state index in [-0.39, 0.29) is 6.03 Å². The predicted molar refractivity (Wildman–Crippen MR) is 125 cm³/mol. The van der Waals surface area contributed by atoms with Crippen LogP contribution in [-0.4, -0.2) is 42.1 Å². The Morgan fingerprint density at radius 2 is 1.81 bits per heavy atom. The first-order chi connectivity index (χ1) is 15.5. The summed E-state index contributed by atoms with van der Waals surface area (Å²) >= 11 is 0. The standard InChI is InChI=1S/C25H24N6O/c1-17-11-20-14-21(16-27)24(29-23(20)12-18(17)2)30-7-4-8-31(10-9-30)25(32)28-22-6-3-5-19(13-22)15-26/h3,5-6,11-14H,4,7-10H2,1-2H3,(H,28,32). The van der Waals surface area contributed by atoms with Crippen LogP contribution >= 0.6 is 0 Å². The first kappa shape index (κ1) is 21.1. The topological polar surface area (TPSA) is 96.0 Å². The smallest absolute Gasteiger partial charge is 0.321 e. The second kappa shape index (κ2) is 8.95. The second-order valence-electron chi connectivity index (χ2n) is 8.05. The van der Waals surface area contributed by atoms with Gasteiger partial charge in [0.25, 0.3) is 0 Å². The Labute approximate surface area is 187 Å². The zero-order chi connectivity index (χ0) is 22.7. The average molecular weight is 425 g/mol. The molecule has 1 aliphatic rings. The number of anilines is 2. The van der Waals surface area contributed by atoms with Gasteiger partial charge in [0.15, 0.2) is 0 Å². The van der Waals surface area contributed by atoms with Gasteiger partial charge in [-0.05, 0) is 67.8 Å². The van der Waals surface area contributed by atoms with Crippen LogP contribution in [0.2, 0.25) is 0 Å². The predicted octanol–water partition coefficient (Wildman–Crippen LogP) is 4.34. The van der Waals surface area contributed by atoms with Gasteiger partial charge in [0.05, 0.1) is 22.7 Å². The largest absolute Gasteiger partial charge is 0.354 e. The van der Waals surface area contributed by atoms with Crippen molar-refractivity contribution < 1.29 is 4.79 Å². The molecule has 0 unspecified atom stereocenters. The summed E-state index contributed by atoms with van der Waals surface area (Å²) in [5, 5.41) is 22.6. The minimum absolute atomic E-state index is 0.194. The number of amides is 2. The van der Waals surface area contributed by atoms with Crippen LogP contribution in [-0.2, 0) is 0 Å². The summed E-state index contributed by atoms with van der Waals surface area (Å²) in [6.07, 6.45) is 0.767. The van der Waals surface area contributed by atoms with Crippen molar-refractivity contribution in [3.8, 4) is 12.1 Å². The van der Waals surface area contributed by atoms with Crippen LogP contribution in [0.15, 0.2) is 42.5 Å². The van der Waals surface area contributed by atoms with Crippen LogP contribution in [0.4, 0.5) is 16.3 Å². The summed E-state index contributed by atoms with van der Waals surface area (Å²) in [5.74, 6) is 0.673. The first-order valence-corrected chi connectivity index (χ1v) is 10.6. The van der Waals surface area contributed by atoms with E-state index in [0.717, 1.165) is 17.3 Å². The number of carbonyl (C=O) groups excluding carboxylic acids is 1. The lowest BCUT2D eigenvalue weighted by Crippen LogP contribution is -2.38. The SMILES string of the molecule is Cc1cc2cc(C#N)c(N3CCCN(C(=O)Nc4cccc(C#N)c4)CC3)nc2cc1C. The maximum absolute atomic E-state index is 12.8. The van der Waals surface area contributed by atoms with E-state index < -0.39 is 0 Å². The zero-order valence-corrected chi connectivity index (χ0v) is 18.2. The number of nitrogens with one attached hydrogen (secondary N) is 1. The summed E-state index contributed by atoms with van der Waals surface area (Å²) in [6.45, 7) is 6.54. The molecule has 2 heterocycles. The van der Waals surface area contributed by atoms with Gasteiger partial charge in [-0.2, -0.15) is 10.5 Å². The van der Waals surface area contributed by atoms with Crippen molar-refractivity contribution in [1.29, 1.82) is 10.5 Å². The molecule has 7 heteroatoms. The van der Waals surface area contributed by atoms with Crippen LogP contribution in [0.3, 0.4) is 0 Å². The molecule has 0 aliphatic carbocycles. The highest BCUT2D eigenvalue weighted by molar-refractivity contribution is 5.89. The zero-order valence-electron chi connectivity index (χ0n) is 18.2. The highest BCUT2D eigenvalue weighted by Gasteiger charge is 2.22. The fourth-order valence-corrected chi connectivity index (χ4v) is 3.95. The molecule has 32 heavy (non-hydrogen) atoms. The Balaban J connectivity index is 1.52. The van der Waals surface area contributed by atoms with E-state index in [9.17, 15) is 10.1 Å². The molecule has 2 aromatic carbocycles. The van der Waals surface area contributed by atoms with Gasteiger partial charge in [0.1, 0.15) is 11.9 Å². The van der Waals surface area contributed by atoms with Crippen LogP contribution in [0.5, 0.6) is 0 Å². The number of pyridine rings is 1. The molecule has 1 N–H and O–H groups in total. The van der Waals surface area contributed by atoms with Crippen molar-refractivity contribution in [2.45, 2.75) is 20.3 Å². The van der Waals surface area contributed by atoms with Crippen LogP contribution < -0.4 is 10.2 Å². The molecule has 3 aromatic rings. The molecule has 2 amide bonds. The normalized spacial score (nSPS) is 13.9. The van der Waals surface area contributed by atoms with Crippen molar-refractivity contribution in [2.75, 3.05) is 36.4 Å². The van der Waals surface area contributed by atoms with Crippen molar-refractivity contribution in [1.82, 2.24) is 9.88 Å². The number of rotatable bonds is 2. The van der Waals surface area contributed by atoms with E-state index in [1.807, 2.05) is 6.07 Å². The fourth-order valence-electron chi connectivity index (χ4n) is 3.95. The minimum Gasteiger partial charge on any atom is -0.354 e. The summed E-state index contributed by atoms with van der Waals surface area (Å²) in [7, 11) is 0. The van der Waals surface area contributed by atoms with Gasteiger partial charge in [-0.25, -0.2) is 9.78 Å². The number of carbonyl (C=O) groups is 1. The van der Waals surface area contributed by atoms with E-state index in [0.29, 0.717) is 48.8 Å². The van der Waals surface area contributed by atoms with Crippen LogP contribution in [0.25, 0.3) is 10.9 Å². The van der Waals surface area contributed by atoms with Crippen molar-refractivity contribution in [3.05, 3.63) is 64.7 Å². The van der Waals surface area contributed by atoms with E-state index in [1.165, 1.54) is 11.1 Å². The number of nitrogens with zero attached hydrogens (tertiary/aromatic N) is 5.